The zero-order valence-corrected chi connectivity index (χ0v) is 12.8. The molecule has 1 amide bonds. The first-order chi connectivity index (χ1) is 8.60. The van der Waals surface area contributed by atoms with Gasteiger partial charge < -0.3 is 15.1 Å². The van der Waals surface area contributed by atoms with Crippen molar-refractivity contribution in [1.82, 2.24) is 15.1 Å². The summed E-state index contributed by atoms with van der Waals surface area (Å²) in [5.74, 6) is 0.211. The van der Waals surface area contributed by atoms with Gasteiger partial charge in [-0.2, -0.15) is 0 Å². The maximum absolute atomic E-state index is 12.0. The van der Waals surface area contributed by atoms with Gasteiger partial charge in [0.1, 0.15) is 0 Å². The molecule has 4 heteroatoms. The van der Waals surface area contributed by atoms with E-state index in [4.69, 9.17) is 0 Å². The highest BCUT2D eigenvalue weighted by Crippen LogP contribution is 1.96. The van der Waals surface area contributed by atoms with Crippen LogP contribution >= 0.6 is 0 Å². The van der Waals surface area contributed by atoms with Crippen molar-refractivity contribution in [2.45, 2.75) is 47.1 Å². The Labute approximate surface area is 113 Å². The molecule has 1 unspecified atom stereocenters. The molecule has 0 bridgehead atoms. The average Bonchev–Trinajstić information content (AvgIpc) is 2.40. The molecule has 0 aromatic heterocycles. The fraction of sp³-hybridized carbons (Fsp3) is 0.929. The second kappa shape index (κ2) is 10.3. The van der Waals surface area contributed by atoms with E-state index in [1.807, 2.05) is 25.7 Å². The van der Waals surface area contributed by atoms with Crippen LogP contribution in [0.2, 0.25) is 0 Å². The lowest BCUT2D eigenvalue weighted by atomic mass is 10.2. The van der Waals surface area contributed by atoms with Crippen molar-refractivity contribution in [3.63, 3.8) is 0 Å². The van der Waals surface area contributed by atoms with Crippen molar-refractivity contribution in [2.24, 2.45) is 0 Å². The Kier molecular flexibility index (Phi) is 9.98. The third-order valence-electron chi connectivity index (χ3n) is 3.44. The number of carbonyl (C=O) groups is 1. The normalized spacial score (nSPS) is 12.8. The summed E-state index contributed by atoms with van der Waals surface area (Å²) in [6, 6.07) is -0.0680. The van der Waals surface area contributed by atoms with Crippen LogP contribution in [0.1, 0.15) is 41.0 Å². The highest BCUT2D eigenvalue weighted by atomic mass is 16.2. The predicted octanol–water partition coefficient (Wildman–Crippen LogP) is 1.56. The Morgan fingerprint density at radius 1 is 1.06 bits per heavy atom. The molecule has 18 heavy (non-hydrogen) atoms. The first-order valence-electron chi connectivity index (χ1n) is 7.35. The van der Waals surface area contributed by atoms with Gasteiger partial charge in [0, 0.05) is 13.1 Å². The zero-order chi connectivity index (χ0) is 14.0. The second-order valence-corrected chi connectivity index (χ2v) is 4.57. The van der Waals surface area contributed by atoms with Crippen LogP contribution < -0.4 is 5.32 Å². The summed E-state index contributed by atoms with van der Waals surface area (Å²) >= 11 is 0. The molecule has 4 nitrogen and oxygen atoms in total. The van der Waals surface area contributed by atoms with E-state index in [1.165, 1.54) is 0 Å². The van der Waals surface area contributed by atoms with Crippen molar-refractivity contribution in [3.8, 4) is 0 Å². The molecule has 0 aromatic rings. The number of hydrogen-bond donors (Lipinski definition) is 1. The molecular weight excluding hydrogens is 226 g/mol. The largest absolute Gasteiger partial charge is 0.342 e. The van der Waals surface area contributed by atoms with Crippen LogP contribution in [-0.4, -0.2) is 61.0 Å². The van der Waals surface area contributed by atoms with Gasteiger partial charge in [0.05, 0.1) is 6.04 Å². The lowest BCUT2D eigenvalue weighted by molar-refractivity contribution is -0.132. The van der Waals surface area contributed by atoms with Crippen LogP contribution in [0.3, 0.4) is 0 Å². The van der Waals surface area contributed by atoms with Crippen molar-refractivity contribution >= 4 is 5.91 Å². The molecule has 0 aliphatic carbocycles. The van der Waals surface area contributed by atoms with Gasteiger partial charge in [-0.3, -0.25) is 4.79 Å². The summed E-state index contributed by atoms with van der Waals surface area (Å²) in [6.45, 7) is 16.2. The smallest absolute Gasteiger partial charge is 0.239 e. The third kappa shape index (κ3) is 6.36. The van der Waals surface area contributed by atoms with Crippen LogP contribution in [0.15, 0.2) is 0 Å². The number of nitrogens with one attached hydrogen (secondary N) is 1. The van der Waals surface area contributed by atoms with Crippen LogP contribution in [-0.2, 0) is 4.79 Å². The molecule has 0 saturated carbocycles. The van der Waals surface area contributed by atoms with Crippen LogP contribution in [0, 0.1) is 0 Å². The molecule has 0 fully saturated rings. The summed E-state index contributed by atoms with van der Waals surface area (Å²) < 4.78 is 0. The fourth-order valence-corrected chi connectivity index (χ4v) is 2.06. The van der Waals surface area contributed by atoms with Crippen LogP contribution in [0.25, 0.3) is 0 Å². The van der Waals surface area contributed by atoms with Crippen molar-refractivity contribution < 1.29 is 4.79 Å². The highest BCUT2D eigenvalue weighted by molar-refractivity contribution is 5.81. The van der Waals surface area contributed by atoms with Gasteiger partial charge in [-0.15, -0.1) is 0 Å². The fourth-order valence-electron chi connectivity index (χ4n) is 2.06. The van der Waals surface area contributed by atoms with Crippen molar-refractivity contribution in [3.05, 3.63) is 0 Å². The Balaban J connectivity index is 3.82. The van der Waals surface area contributed by atoms with Gasteiger partial charge in [-0.05, 0) is 53.4 Å². The van der Waals surface area contributed by atoms with E-state index >= 15 is 0 Å². The van der Waals surface area contributed by atoms with E-state index in [2.05, 4.69) is 24.1 Å². The minimum Gasteiger partial charge on any atom is -0.342 e. The lowest BCUT2D eigenvalue weighted by Gasteiger charge is -2.24. The maximum atomic E-state index is 12.0. The first kappa shape index (κ1) is 17.4. The van der Waals surface area contributed by atoms with Crippen LogP contribution in [0.4, 0.5) is 0 Å². The van der Waals surface area contributed by atoms with E-state index in [0.717, 1.165) is 45.7 Å². The SMILES string of the molecule is CCN(CC)CCCNC(C)C(=O)N(CC)CC. The van der Waals surface area contributed by atoms with E-state index in [0.29, 0.717) is 0 Å². The molecule has 0 aliphatic heterocycles. The number of likely N-dealkylation sites (N-methyl/N-ethyl adjacent to an activating group) is 1. The van der Waals surface area contributed by atoms with Gasteiger partial charge in [0.2, 0.25) is 5.91 Å². The molecular formula is C14H31N3O. The molecule has 0 radical (unpaired) electrons. The number of nitrogens with zero attached hydrogens (tertiary/aromatic N) is 2. The Bertz CT molecular complexity index is 213. The predicted molar refractivity (Wildman–Crippen MR) is 77.8 cm³/mol. The van der Waals surface area contributed by atoms with E-state index in [9.17, 15) is 4.79 Å². The summed E-state index contributed by atoms with van der Waals surface area (Å²) in [4.78, 5) is 16.3. The maximum Gasteiger partial charge on any atom is 0.239 e. The molecule has 0 heterocycles. The van der Waals surface area contributed by atoms with Gasteiger partial charge in [0.25, 0.3) is 0 Å². The van der Waals surface area contributed by atoms with Crippen LogP contribution in [0.5, 0.6) is 0 Å². The van der Waals surface area contributed by atoms with Crippen molar-refractivity contribution in [1.29, 1.82) is 0 Å². The van der Waals surface area contributed by atoms with Gasteiger partial charge in [-0.1, -0.05) is 13.8 Å². The third-order valence-corrected chi connectivity index (χ3v) is 3.44. The van der Waals surface area contributed by atoms with Gasteiger partial charge in [0.15, 0.2) is 0 Å². The molecule has 0 spiro atoms. The molecule has 0 rings (SSSR count). The number of amides is 1. The first-order valence-corrected chi connectivity index (χ1v) is 7.35. The number of rotatable bonds is 10. The lowest BCUT2D eigenvalue weighted by Crippen LogP contribution is -2.45. The molecule has 1 N–H and O–H groups in total. The Morgan fingerprint density at radius 2 is 1.61 bits per heavy atom. The topological polar surface area (TPSA) is 35.6 Å². The molecule has 108 valence electrons. The number of carbonyl (C=O) groups excluding carboxylic acids is 1. The van der Waals surface area contributed by atoms with Gasteiger partial charge in [-0.25, -0.2) is 0 Å². The summed E-state index contributed by atoms with van der Waals surface area (Å²) in [5.41, 5.74) is 0. The molecule has 1 atom stereocenters. The minimum absolute atomic E-state index is 0.0680. The number of hydrogen-bond acceptors (Lipinski definition) is 3. The van der Waals surface area contributed by atoms with Gasteiger partial charge >= 0.3 is 0 Å². The quantitative estimate of drug-likeness (QED) is 0.603. The Morgan fingerprint density at radius 3 is 2.06 bits per heavy atom. The van der Waals surface area contributed by atoms with E-state index < -0.39 is 0 Å². The van der Waals surface area contributed by atoms with E-state index in [-0.39, 0.29) is 11.9 Å². The molecule has 0 saturated heterocycles. The molecule has 0 aliphatic rings. The average molecular weight is 257 g/mol. The van der Waals surface area contributed by atoms with Crippen molar-refractivity contribution in [2.75, 3.05) is 39.3 Å². The summed E-state index contributed by atoms with van der Waals surface area (Å²) in [7, 11) is 0. The summed E-state index contributed by atoms with van der Waals surface area (Å²) in [5, 5.41) is 3.32. The highest BCUT2D eigenvalue weighted by Gasteiger charge is 2.16. The second-order valence-electron chi connectivity index (χ2n) is 4.57. The van der Waals surface area contributed by atoms with E-state index in [1.54, 1.807) is 0 Å². The monoisotopic (exact) mass is 257 g/mol. The molecule has 0 aromatic carbocycles. The standard InChI is InChI=1S/C14H31N3O/c1-6-16(7-2)12-10-11-15-13(5)14(18)17(8-3)9-4/h13,15H,6-12H2,1-5H3. The zero-order valence-electron chi connectivity index (χ0n) is 12.8. The minimum atomic E-state index is -0.0680. The Hall–Kier alpha value is -0.610. The summed E-state index contributed by atoms with van der Waals surface area (Å²) in [6.07, 6.45) is 1.09.